The molecular formula is C102H149N11O16. The number of cyclic esters (lactones) is 2. The molecule has 5 N–H and O–H groups in total. The Hall–Kier alpha value is -8.38. The fraction of sp³-hybridized carbons (Fsp3) is 0.667. The number of aryl methyl sites for hydroxylation is 1. The van der Waals surface area contributed by atoms with Crippen molar-refractivity contribution in [3.63, 3.8) is 0 Å². The van der Waals surface area contributed by atoms with Crippen molar-refractivity contribution in [2.45, 2.75) is 237 Å². The molecule has 708 valence electrons. The van der Waals surface area contributed by atoms with Gasteiger partial charge in [0.2, 0.25) is 35.4 Å². The van der Waals surface area contributed by atoms with E-state index in [1.807, 2.05) is 61.5 Å². The van der Waals surface area contributed by atoms with E-state index in [4.69, 9.17) is 34.2 Å². The summed E-state index contributed by atoms with van der Waals surface area (Å²) >= 11 is 0. The zero-order chi connectivity index (χ0) is 91.6. The van der Waals surface area contributed by atoms with Gasteiger partial charge in [0.1, 0.15) is 30.8 Å². The number of amides is 6. The van der Waals surface area contributed by atoms with Gasteiger partial charge >= 0.3 is 11.9 Å². The Morgan fingerprint density at radius 1 is 0.434 bits per heavy atom. The molecule has 4 unspecified atom stereocenters. The number of nitrogens with one attached hydrogen (secondary N) is 3. The Labute approximate surface area is 766 Å². The third-order valence-electron chi connectivity index (χ3n) is 29.9. The molecule has 21 atom stereocenters. The zero-order valence-corrected chi connectivity index (χ0v) is 78.3. The molecule has 9 aliphatic heterocycles. The highest BCUT2D eigenvalue weighted by atomic mass is 16.6. The molecule has 0 aromatic heterocycles. The van der Waals surface area contributed by atoms with E-state index in [-0.39, 0.29) is 176 Å². The first-order chi connectivity index (χ1) is 62.4. The van der Waals surface area contributed by atoms with Gasteiger partial charge in [-0.3, -0.25) is 57.7 Å². The molecule has 12 bridgehead atoms. The van der Waals surface area contributed by atoms with Crippen molar-refractivity contribution in [3.05, 3.63) is 144 Å². The third-order valence-corrected chi connectivity index (χ3v) is 29.9. The fourth-order valence-corrected chi connectivity index (χ4v) is 21.3. The number of ketones is 2. The number of fused-ring (bicyclic) bond motifs is 10. The second-order valence-corrected chi connectivity index (χ2v) is 38.4. The van der Waals surface area contributed by atoms with Gasteiger partial charge in [-0.2, -0.15) is 0 Å². The highest BCUT2D eigenvalue weighted by molar-refractivity contribution is 5.92. The number of carbonyl (C=O) groups is 10. The van der Waals surface area contributed by atoms with Crippen molar-refractivity contribution in [3.8, 4) is 0 Å². The number of rotatable bonds is 25. The van der Waals surface area contributed by atoms with Crippen LogP contribution in [0.25, 0.3) is 0 Å². The summed E-state index contributed by atoms with van der Waals surface area (Å²) in [5.41, 5.74) is 10.1. The Morgan fingerprint density at radius 2 is 0.845 bits per heavy atom. The average Bonchev–Trinajstić information content (AvgIpc) is 1.62. The number of benzene rings is 4. The lowest BCUT2D eigenvalue weighted by atomic mass is 9.87. The maximum absolute atomic E-state index is 14.8. The van der Waals surface area contributed by atoms with E-state index >= 15 is 0 Å². The van der Waals surface area contributed by atoms with Crippen molar-refractivity contribution < 1.29 is 76.4 Å². The van der Waals surface area contributed by atoms with Crippen molar-refractivity contribution in [2.75, 3.05) is 139 Å². The molecule has 27 nitrogen and oxygen atoms in total. The molecule has 10 aliphatic rings. The lowest BCUT2D eigenvalue weighted by Gasteiger charge is -2.44. The van der Waals surface area contributed by atoms with Gasteiger partial charge in [0.25, 0.3) is 0 Å². The Kier molecular flexibility index (Phi) is 38.1. The number of primary amides is 1. The minimum absolute atomic E-state index is 0.00220. The highest BCUT2D eigenvalue weighted by Gasteiger charge is 2.55. The van der Waals surface area contributed by atoms with Crippen LogP contribution in [0.4, 0.5) is 0 Å². The molecule has 9 heterocycles. The first-order valence-electron chi connectivity index (χ1n) is 48.7. The first kappa shape index (κ1) is 99.6. The number of likely N-dealkylation sites (N-methyl/N-ethyl adjacent to an activating group) is 2. The minimum Gasteiger partial charge on any atom is -0.465 e. The second kappa shape index (κ2) is 49.4. The van der Waals surface area contributed by atoms with Gasteiger partial charge in [0, 0.05) is 157 Å². The summed E-state index contributed by atoms with van der Waals surface area (Å²) in [5, 5.41) is 9.23. The van der Waals surface area contributed by atoms with Crippen LogP contribution in [0.2, 0.25) is 0 Å². The van der Waals surface area contributed by atoms with E-state index in [0.29, 0.717) is 90.6 Å². The fourth-order valence-electron chi connectivity index (χ4n) is 21.3. The molecule has 1 aliphatic carbocycles. The van der Waals surface area contributed by atoms with E-state index in [9.17, 15) is 47.9 Å². The SMILES string of the molecule is CC[C@@H](C)C(=O)N[C@H]1CCCCC(CC(=O)[C@H](C)NC)C(=O)N2CC[C@H]3C(CN(CCc4ccccc4)C[C@H]32)OCCOC2CN(CCc3ccccc3)C[C@@H]3[C@H]2CCN3C1=O.CC[C@@H](C)C(N)=O.CN[C@@H](C)C(=O)C[C@H]1COC(=O)CCC(=O)OC[C@H](C)C(=O)N2C[C@@H](OCCO[C@@H]3CN(C1=O)[C@@H]1CC(CCc4ccccc4)C[C@@H]13)[C@H]1CN(CCc3ccccc3)C[C@H]12. The smallest absolute Gasteiger partial charge is 0.306 e. The third kappa shape index (κ3) is 27.4. The molecule has 0 spiro atoms. The quantitative estimate of drug-likeness (QED) is 0.0450. The number of esters is 2. The molecule has 129 heavy (non-hydrogen) atoms. The molecule has 9 saturated heterocycles. The van der Waals surface area contributed by atoms with Crippen LogP contribution in [-0.2, 0) is 102 Å². The molecule has 0 radical (unpaired) electrons. The number of piperidine rings is 2. The van der Waals surface area contributed by atoms with Gasteiger partial charge in [-0.05, 0) is 140 Å². The number of Topliss-reactive ketones (excluding diaryl/α,β-unsaturated/α-hetero) is 2. The van der Waals surface area contributed by atoms with Gasteiger partial charge in [0.15, 0.2) is 0 Å². The zero-order valence-electron chi connectivity index (χ0n) is 78.3. The van der Waals surface area contributed by atoms with Crippen LogP contribution in [0.5, 0.6) is 0 Å². The van der Waals surface area contributed by atoms with Gasteiger partial charge in [0.05, 0.1) is 93.6 Å². The Morgan fingerprint density at radius 3 is 1.31 bits per heavy atom. The number of hydrogen-bond acceptors (Lipinski definition) is 21. The highest BCUT2D eigenvalue weighted by Crippen LogP contribution is 2.46. The van der Waals surface area contributed by atoms with Crippen molar-refractivity contribution in [1.82, 2.24) is 50.2 Å². The number of ether oxygens (including phenoxy) is 6. The summed E-state index contributed by atoms with van der Waals surface area (Å²) in [5.74, 6) is -2.97. The van der Waals surface area contributed by atoms with E-state index < -0.39 is 41.8 Å². The van der Waals surface area contributed by atoms with Crippen LogP contribution in [-0.4, -0.2) is 299 Å². The standard InChI is InChI=1S/C50H74N6O6.C47H64N4O9.C5H11NO/c1-5-35(2)48(58)52-42-19-13-12-18-39(30-45(57)36(3)51-4)49(59)55-26-22-40-43(55)31-53(24-20-37-14-8-6-9-15-37)33-46(40)61-28-29-62-47-34-54(25-21-38-16-10-7-11-17-38)32-44-41(47)23-27-56(44)50(42)60;1-31-29-59-44(53)16-17-45(54)60-30-36(24-41(52)32(2)48-3)47(56)50-27-42(37-22-35(23-39(37)50)15-14-33-10-6-4-7-11-33)57-20-21-58-43-28-51(46(31)55)40-26-49(25-38(40)43)19-18-34-12-8-5-9-13-34;1-3-4(2)5(6)7/h6-11,14-17,35-36,39-44,46-47,51H,5,12-13,18-34H2,1-4H3,(H,52,58);4-13,31-32,35-40,42-43,48H,14-30H2,1-3H3;4H,3H2,1-2H3,(H2,6,7)/t35-,36+,39?,40-,41-,42+,43-,44-,46?,47?;31-,32-,35?,36-,37-,38-,39+,40+,42+,43+;4-/m101/s1. The summed E-state index contributed by atoms with van der Waals surface area (Å²) in [7, 11) is 3.48. The van der Waals surface area contributed by atoms with Crippen molar-refractivity contribution >= 4 is 58.9 Å². The summed E-state index contributed by atoms with van der Waals surface area (Å²) in [4.78, 5) is 150. The number of nitrogens with two attached hydrogens (primary N) is 1. The van der Waals surface area contributed by atoms with Gasteiger partial charge in [-0.15, -0.1) is 0 Å². The monoisotopic (exact) mass is 1780 g/mol. The first-order valence-corrected chi connectivity index (χ1v) is 48.7. The largest absolute Gasteiger partial charge is 0.465 e. The molecule has 10 fully saturated rings. The number of hydrogen-bond donors (Lipinski definition) is 4. The predicted molar refractivity (Wildman–Crippen MR) is 493 cm³/mol. The normalized spacial score (nSPS) is 29.9. The average molecular weight is 1790 g/mol. The topological polar surface area (TPSA) is 311 Å². The summed E-state index contributed by atoms with van der Waals surface area (Å²) in [6, 6.07) is 40.4. The molecule has 6 amide bonds. The van der Waals surface area contributed by atoms with Crippen molar-refractivity contribution in [1.29, 1.82) is 0 Å². The number of carbonyl (C=O) groups excluding carboxylic acids is 10. The van der Waals surface area contributed by atoms with Gasteiger partial charge < -0.3 is 74.6 Å². The molecule has 4 aromatic carbocycles. The van der Waals surface area contributed by atoms with Crippen LogP contribution < -0.4 is 21.7 Å². The molecule has 27 heteroatoms. The van der Waals surface area contributed by atoms with E-state index in [0.717, 1.165) is 123 Å². The van der Waals surface area contributed by atoms with Crippen LogP contribution in [0, 0.1) is 59.2 Å². The lowest BCUT2D eigenvalue weighted by molar-refractivity contribution is -0.155. The van der Waals surface area contributed by atoms with Crippen LogP contribution in [0.1, 0.15) is 167 Å². The maximum atomic E-state index is 14.8. The van der Waals surface area contributed by atoms with E-state index in [2.05, 4.69) is 145 Å². The van der Waals surface area contributed by atoms with Crippen LogP contribution in [0.3, 0.4) is 0 Å². The van der Waals surface area contributed by atoms with Crippen molar-refractivity contribution in [2.24, 2.45) is 64.9 Å². The molecular weight excluding hydrogens is 1640 g/mol. The second-order valence-electron chi connectivity index (χ2n) is 38.4. The Bertz CT molecular complexity index is 4130. The van der Waals surface area contributed by atoms with Crippen LogP contribution in [0.15, 0.2) is 121 Å². The lowest BCUT2D eigenvalue weighted by Crippen LogP contribution is -2.59. The molecule has 14 rings (SSSR count). The Balaban J connectivity index is 0.000000218. The summed E-state index contributed by atoms with van der Waals surface area (Å²) in [6.07, 6.45) is 11.2. The van der Waals surface area contributed by atoms with Crippen LogP contribution >= 0.6 is 0 Å². The van der Waals surface area contributed by atoms with Gasteiger partial charge in [-0.25, -0.2) is 0 Å². The van der Waals surface area contributed by atoms with E-state index in [1.54, 1.807) is 27.9 Å². The summed E-state index contributed by atoms with van der Waals surface area (Å²) in [6.45, 7) is 23.8. The number of likely N-dealkylation sites (tertiary alicyclic amines) is 3. The molecule has 1 saturated carbocycles. The summed E-state index contributed by atoms with van der Waals surface area (Å²) < 4.78 is 38.1. The van der Waals surface area contributed by atoms with E-state index in [1.165, 1.54) is 22.3 Å². The molecule has 4 aromatic rings. The minimum atomic E-state index is -0.878. The van der Waals surface area contributed by atoms with Gasteiger partial charge in [-0.1, -0.05) is 169 Å². The predicted octanol–water partition coefficient (Wildman–Crippen LogP) is 8.83. The number of nitrogens with zero attached hydrogens (tertiary/aromatic N) is 7. The maximum Gasteiger partial charge on any atom is 0.306 e.